The van der Waals surface area contributed by atoms with Crippen LogP contribution in [0.3, 0.4) is 0 Å². The number of ether oxygens (including phenoxy) is 1. The summed E-state index contributed by atoms with van der Waals surface area (Å²) in [4.78, 5) is 6.95. The zero-order valence-corrected chi connectivity index (χ0v) is 26.4. The molecule has 7 rings (SSSR count). The Labute approximate surface area is 274 Å². The van der Waals surface area contributed by atoms with Crippen LogP contribution < -0.4 is 15.4 Å². The van der Waals surface area contributed by atoms with Gasteiger partial charge in [-0.3, -0.25) is 9.88 Å². The number of rotatable bonds is 8. The van der Waals surface area contributed by atoms with E-state index in [1.807, 2.05) is 42.5 Å². The lowest BCUT2D eigenvalue weighted by Gasteiger charge is -2.52. The highest BCUT2D eigenvalue weighted by atomic mass is 32.1. The molecule has 2 N–H and O–H groups in total. The Balaban J connectivity index is 1.30. The molecule has 1 aromatic heterocycles. The Morgan fingerprint density at radius 2 is 1.70 bits per heavy atom. The summed E-state index contributed by atoms with van der Waals surface area (Å²) in [6.45, 7) is 1.76. The van der Waals surface area contributed by atoms with Gasteiger partial charge in [0.05, 0.1) is 29.8 Å². The van der Waals surface area contributed by atoms with Gasteiger partial charge < -0.3 is 15.4 Å². The van der Waals surface area contributed by atoms with Gasteiger partial charge in [0.15, 0.2) is 5.11 Å². The summed E-state index contributed by atoms with van der Waals surface area (Å²) in [5.74, 6) is 1.59. The standard InChI is InChI=1S/C35H34F6N4OS/c1-46-27-9-10-30-29(19-27)28(11-13-42-30)32(31-15-22-12-14-45(31)20-23(22)8-7-21-5-3-2-4-6-21)44-33(47)43-26-17-24(34(36,37)38)16-25(18-26)35(39,40)41/h2-6,9-11,13,16-19,22-23,31-32H,7-8,12,14-15,20H2,1H3,(H2,43,44,47)/t22?,23?,31?,32-/m0/s1. The van der Waals surface area contributed by atoms with Crippen LogP contribution in [0.4, 0.5) is 32.0 Å². The van der Waals surface area contributed by atoms with Crippen LogP contribution in [0, 0.1) is 11.8 Å². The molecule has 3 fully saturated rings. The predicted octanol–water partition coefficient (Wildman–Crippen LogP) is 8.65. The molecule has 3 aliphatic heterocycles. The van der Waals surface area contributed by atoms with Crippen LogP contribution in [0.5, 0.6) is 5.75 Å². The minimum Gasteiger partial charge on any atom is -0.497 e. The first kappa shape index (κ1) is 33.0. The third-order valence-corrected chi connectivity index (χ3v) is 9.64. The lowest BCUT2D eigenvalue weighted by atomic mass is 9.71. The van der Waals surface area contributed by atoms with Crippen molar-refractivity contribution in [3.63, 3.8) is 0 Å². The smallest absolute Gasteiger partial charge is 0.416 e. The molecular formula is C35H34F6N4OS. The summed E-state index contributed by atoms with van der Waals surface area (Å²) in [6, 6.07) is 18.7. The molecule has 47 heavy (non-hydrogen) atoms. The van der Waals surface area contributed by atoms with Crippen molar-refractivity contribution in [2.24, 2.45) is 11.8 Å². The fourth-order valence-corrected chi connectivity index (χ4v) is 7.36. The quantitative estimate of drug-likeness (QED) is 0.144. The van der Waals surface area contributed by atoms with E-state index in [2.05, 4.69) is 32.7 Å². The molecule has 2 bridgehead atoms. The molecule has 4 aromatic rings. The van der Waals surface area contributed by atoms with E-state index in [9.17, 15) is 26.3 Å². The molecule has 3 aliphatic rings. The van der Waals surface area contributed by atoms with Crippen LogP contribution >= 0.6 is 12.2 Å². The molecule has 3 aromatic carbocycles. The summed E-state index contributed by atoms with van der Waals surface area (Å²) in [7, 11) is 1.57. The van der Waals surface area contributed by atoms with Crippen molar-refractivity contribution >= 4 is 33.9 Å². The molecule has 0 radical (unpaired) electrons. The van der Waals surface area contributed by atoms with Crippen molar-refractivity contribution in [1.29, 1.82) is 0 Å². The molecule has 4 unspecified atom stereocenters. The normalized spacial score (nSPS) is 21.8. The molecular weight excluding hydrogens is 638 g/mol. The van der Waals surface area contributed by atoms with Crippen molar-refractivity contribution in [3.05, 3.63) is 101 Å². The van der Waals surface area contributed by atoms with Crippen LogP contribution in [0.2, 0.25) is 0 Å². The highest BCUT2D eigenvalue weighted by Gasteiger charge is 2.44. The third-order valence-electron chi connectivity index (χ3n) is 9.42. The highest BCUT2D eigenvalue weighted by Crippen LogP contribution is 2.44. The van der Waals surface area contributed by atoms with Crippen molar-refractivity contribution in [2.75, 3.05) is 25.5 Å². The van der Waals surface area contributed by atoms with E-state index < -0.39 is 35.2 Å². The highest BCUT2D eigenvalue weighted by molar-refractivity contribution is 7.80. The van der Waals surface area contributed by atoms with Gasteiger partial charge in [-0.25, -0.2) is 0 Å². The number of methoxy groups -OCH3 is 1. The Morgan fingerprint density at radius 3 is 2.34 bits per heavy atom. The Bertz CT molecular complexity index is 1700. The van der Waals surface area contributed by atoms with E-state index in [0.717, 1.165) is 55.2 Å². The lowest BCUT2D eigenvalue weighted by molar-refractivity contribution is -0.143. The summed E-state index contributed by atoms with van der Waals surface area (Å²) in [5, 5.41) is 6.66. The minimum absolute atomic E-state index is 0.0366. The van der Waals surface area contributed by atoms with Crippen molar-refractivity contribution in [3.8, 4) is 5.75 Å². The maximum Gasteiger partial charge on any atom is 0.416 e. The second kappa shape index (κ2) is 13.3. The molecule has 3 saturated heterocycles. The zero-order chi connectivity index (χ0) is 33.3. The third kappa shape index (κ3) is 7.49. The summed E-state index contributed by atoms with van der Waals surface area (Å²) in [6.07, 6.45) is -4.30. The largest absolute Gasteiger partial charge is 0.497 e. The average molecular weight is 673 g/mol. The monoisotopic (exact) mass is 672 g/mol. The second-order valence-electron chi connectivity index (χ2n) is 12.3. The van der Waals surface area contributed by atoms with Crippen LogP contribution in [0.25, 0.3) is 10.9 Å². The number of alkyl halides is 6. The van der Waals surface area contributed by atoms with E-state index in [4.69, 9.17) is 17.0 Å². The predicted molar refractivity (Wildman–Crippen MR) is 173 cm³/mol. The van der Waals surface area contributed by atoms with E-state index in [-0.39, 0.29) is 17.2 Å². The van der Waals surface area contributed by atoms with Gasteiger partial charge in [-0.1, -0.05) is 30.3 Å². The maximum atomic E-state index is 13.6. The Hall–Kier alpha value is -3.90. The summed E-state index contributed by atoms with van der Waals surface area (Å²) in [5.41, 5.74) is -0.361. The number of halogens is 6. The van der Waals surface area contributed by atoms with Crippen LogP contribution in [-0.2, 0) is 18.8 Å². The van der Waals surface area contributed by atoms with E-state index in [0.29, 0.717) is 29.7 Å². The number of hydrogen-bond donors (Lipinski definition) is 2. The first-order chi connectivity index (χ1) is 22.4. The molecule has 0 amide bonds. The first-order valence-corrected chi connectivity index (χ1v) is 15.9. The number of fused-ring (bicyclic) bond motifs is 4. The van der Waals surface area contributed by atoms with Gasteiger partial charge in [-0.2, -0.15) is 26.3 Å². The Morgan fingerprint density at radius 1 is 0.979 bits per heavy atom. The van der Waals surface area contributed by atoms with Crippen LogP contribution in [0.15, 0.2) is 79.0 Å². The SMILES string of the molecule is COc1ccc2nccc([C@H](NC(=S)Nc3cc(C(F)(F)F)cc(C(F)(F)F)c3)C3CC4CCN3CC4CCc3ccccc3)c2c1. The molecule has 0 spiro atoms. The van der Waals surface area contributed by atoms with Crippen molar-refractivity contribution in [1.82, 2.24) is 15.2 Å². The van der Waals surface area contributed by atoms with Crippen LogP contribution in [0.1, 0.15) is 47.6 Å². The number of nitrogens with zero attached hydrogens (tertiary/aromatic N) is 2. The molecule has 0 saturated carbocycles. The van der Waals surface area contributed by atoms with E-state index in [1.165, 1.54) is 5.56 Å². The van der Waals surface area contributed by atoms with Gasteiger partial charge >= 0.3 is 12.4 Å². The van der Waals surface area contributed by atoms with Crippen LogP contribution in [-0.4, -0.2) is 41.2 Å². The number of hydrogen-bond acceptors (Lipinski definition) is 4. The average Bonchev–Trinajstić information content (AvgIpc) is 3.05. The Kier molecular flexibility index (Phi) is 9.35. The second-order valence-corrected chi connectivity index (χ2v) is 12.7. The fourth-order valence-electron chi connectivity index (χ4n) is 7.11. The number of benzene rings is 3. The molecule has 5 atom stereocenters. The number of aromatic nitrogens is 1. The van der Waals surface area contributed by atoms with Gasteiger partial charge in [0, 0.05) is 29.9 Å². The fraction of sp³-hybridized carbons (Fsp3) is 0.371. The molecule has 4 heterocycles. The number of aryl methyl sites for hydroxylation is 1. The van der Waals surface area contributed by atoms with Gasteiger partial charge in [0.1, 0.15) is 5.75 Å². The molecule has 12 heteroatoms. The summed E-state index contributed by atoms with van der Waals surface area (Å²) >= 11 is 5.59. The molecule has 248 valence electrons. The number of thiocarbonyl (C=S) groups is 1. The number of nitrogens with one attached hydrogen (secondary N) is 2. The molecule has 0 aliphatic carbocycles. The summed E-state index contributed by atoms with van der Waals surface area (Å²) < 4.78 is 86.9. The topological polar surface area (TPSA) is 49.4 Å². The number of pyridine rings is 1. The van der Waals surface area contributed by atoms with Gasteiger partial charge in [-0.05, 0) is 110 Å². The van der Waals surface area contributed by atoms with Gasteiger partial charge in [-0.15, -0.1) is 0 Å². The lowest BCUT2D eigenvalue weighted by Crippen LogP contribution is -2.58. The zero-order valence-electron chi connectivity index (χ0n) is 25.5. The van der Waals surface area contributed by atoms with E-state index >= 15 is 0 Å². The van der Waals surface area contributed by atoms with Gasteiger partial charge in [0.2, 0.25) is 0 Å². The van der Waals surface area contributed by atoms with Crippen molar-refractivity contribution in [2.45, 2.75) is 50.1 Å². The number of anilines is 1. The maximum absolute atomic E-state index is 13.6. The minimum atomic E-state index is -4.98. The van der Waals surface area contributed by atoms with Crippen molar-refractivity contribution < 1.29 is 31.1 Å². The van der Waals surface area contributed by atoms with E-state index in [1.54, 1.807) is 13.3 Å². The number of piperidine rings is 3. The van der Waals surface area contributed by atoms with Gasteiger partial charge in [0.25, 0.3) is 0 Å². The molecule has 5 nitrogen and oxygen atoms in total. The first-order valence-electron chi connectivity index (χ1n) is 15.5.